The molecule has 0 N–H and O–H groups in total. The summed E-state index contributed by atoms with van der Waals surface area (Å²) in [5.74, 6) is -0.103. The number of rotatable bonds is 4. The summed E-state index contributed by atoms with van der Waals surface area (Å²) in [4.78, 5) is 12.3. The number of methoxy groups -OCH3 is 1. The molecule has 0 spiro atoms. The molecule has 1 rings (SSSR count). The van der Waals surface area contributed by atoms with Crippen molar-refractivity contribution in [2.75, 3.05) is 13.4 Å². The number of carbonyl (C=O) groups excluding carboxylic acids is 1. The fourth-order valence-electron chi connectivity index (χ4n) is 2.20. The molecule has 1 unspecified atom stereocenters. The van der Waals surface area contributed by atoms with Gasteiger partial charge < -0.3 is 4.74 Å². The van der Waals surface area contributed by atoms with Crippen LogP contribution in [0.4, 0.5) is 0 Å². The first-order valence-corrected chi connectivity index (χ1v) is 6.51. The minimum atomic E-state index is -0.163. The first-order chi connectivity index (χ1) is 7.54. The third kappa shape index (κ3) is 2.10. The Balaban J connectivity index is 2.87. The summed E-state index contributed by atoms with van der Waals surface area (Å²) in [5.41, 5.74) is -0.0368. The summed E-state index contributed by atoms with van der Waals surface area (Å²) in [6.07, 6.45) is 4.70. The number of nitriles is 1. The van der Waals surface area contributed by atoms with E-state index in [1.165, 1.54) is 18.9 Å². The minimum absolute atomic E-state index is 0.0368. The molecule has 0 aromatic rings. The maximum absolute atomic E-state index is 11.6. The van der Waals surface area contributed by atoms with Gasteiger partial charge in [-0.1, -0.05) is 19.9 Å². The third-order valence-corrected chi connectivity index (χ3v) is 4.27. The zero-order chi connectivity index (χ0) is 12.3. The number of carbonyl (C=O) groups is 1. The zero-order valence-electron chi connectivity index (χ0n) is 10.1. The molecular formula is C12H17NO2S. The van der Waals surface area contributed by atoms with Crippen molar-refractivity contribution in [3.63, 3.8) is 0 Å². The highest BCUT2D eigenvalue weighted by Gasteiger charge is 2.63. The summed E-state index contributed by atoms with van der Waals surface area (Å²) < 4.78 is 4.79. The van der Waals surface area contributed by atoms with Gasteiger partial charge in [-0.25, -0.2) is 0 Å². The molecule has 0 bridgehead atoms. The van der Waals surface area contributed by atoms with Crippen LogP contribution in [0.1, 0.15) is 20.3 Å². The van der Waals surface area contributed by atoms with Gasteiger partial charge in [0.2, 0.25) is 0 Å². The standard InChI is InChI=1S/C12H17NO2S/c1-5-12(2)9(6-8(7-13)16-4)10(12)11(14)15-3/h6,9-10H,5H2,1-4H3/b8-6-/t9-,10+,12?/m1/s1. The highest BCUT2D eigenvalue weighted by molar-refractivity contribution is 8.02. The van der Waals surface area contributed by atoms with Crippen LogP contribution in [0, 0.1) is 28.6 Å². The number of hydrogen-bond donors (Lipinski definition) is 0. The Bertz CT molecular complexity index is 359. The second-order valence-corrected chi connectivity index (χ2v) is 5.08. The maximum Gasteiger partial charge on any atom is 0.309 e. The van der Waals surface area contributed by atoms with Gasteiger partial charge in [-0.05, 0) is 24.0 Å². The molecule has 0 aliphatic heterocycles. The van der Waals surface area contributed by atoms with Gasteiger partial charge in [0.1, 0.15) is 6.07 Å². The largest absolute Gasteiger partial charge is 0.469 e. The molecule has 0 amide bonds. The van der Waals surface area contributed by atoms with Crippen molar-refractivity contribution in [3.8, 4) is 6.07 Å². The van der Waals surface area contributed by atoms with Crippen molar-refractivity contribution in [1.29, 1.82) is 5.26 Å². The summed E-state index contributed by atoms with van der Waals surface area (Å²) >= 11 is 1.42. The first-order valence-electron chi connectivity index (χ1n) is 5.28. The third-order valence-electron chi connectivity index (χ3n) is 3.60. The van der Waals surface area contributed by atoms with E-state index in [1.807, 2.05) is 12.3 Å². The van der Waals surface area contributed by atoms with Gasteiger partial charge >= 0.3 is 5.97 Å². The highest BCUT2D eigenvalue weighted by Crippen LogP contribution is 2.62. The lowest BCUT2D eigenvalue weighted by molar-refractivity contribution is -0.143. The van der Waals surface area contributed by atoms with Gasteiger partial charge in [0.05, 0.1) is 17.9 Å². The number of nitrogens with zero attached hydrogens (tertiary/aromatic N) is 1. The molecule has 0 saturated heterocycles. The average molecular weight is 239 g/mol. The number of esters is 1. The van der Waals surface area contributed by atoms with Crippen molar-refractivity contribution in [2.45, 2.75) is 20.3 Å². The molecule has 0 aromatic heterocycles. The Hall–Kier alpha value is -0.950. The molecule has 0 radical (unpaired) electrons. The number of allylic oxidation sites excluding steroid dienone is 2. The normalized spacial score (nSPS) is 33.1. The van der Waals surface area contributed by atoms with Crippen LogP contribution in [0.3, 0.4) is 0 Å². The van der Waals surface area contributed by atoms with Crippen molar-refractivity contribution in [3.05, 3.63) is 11.0 Å². The summed E-state index contributed by atoms with van der Waals surface area (Å²) in [6.45, 7) is 4.14. The van der Waals surface area contributed by atoms with Gasteiger partial charge in [-0.15, -0.1) is 11.8 Å². The smallest absolute Gasteiger partial charge is 0.309 e. The van der Waals surface area contributed by atoms with Gasteiger partial charge in [-0.3, -0.25) is 4.79 Å². The Morgan fingerprint density at radius 2 is 2.31 bits per heavy atom. The Labute approximate surface area is 101 Å². The van der Waals surface area contributed by atoms with E-state index in [1.54, 1.807) is 0 Å². The average Bonchev–Trinajstić information content (AvgIpc) is 2.90. The molecule has 1 saturated carbocycles. The predicted octanol–water partition coefficient (Wildman–Crippen LogP) is 2.59. The van der Waals surface area contributed by atoms with Crippen LogP contribution >= 0.6 is 11.8 Å². The lowest BCUT2D eigenvalue weighted by Gasteiger charge is -2.05. The van der Waals surface area contributed by atoms with E-state index in [0.717, 1.165) is 6.42 Å². The Kier molecular flexibility index (Phi) is 4.03. The van der Waals surface area contributed by atoms with Crippen molar-refractivity contribution >= 4 is 17.7 Å². The lowest BCUT2D eigenvalue weighted by Crippen LogP contribution is -2.08. The molecule has 16 heavy (non-hydrogen) atoms. The van der Waals surface area contributed by atoms with Crippen LogP contribution < -0.4 is 0 Å². The topological polar surface area (TPSA) is 50.1 Å². The van der Waals surface area contributed by atoms with Crippen LogP contribution in [-0.2, 0) is 9.53 Å². The van der Waals surface area contributed by atoms with Crippen LogP contribution in [0.25, 0.3) is 0 Å². The maximum atomic E-state index is 11.6. The molecule has 3 nitrogen and oxygen atoms in total. The van der Waals surface area contributed by atoms with E-state index in [-0.39, 0.29) is 23.2 Å². The molecular weight excluding hydrogens is 222 g/mol. The fraction of sp³-hybridized carbons (Fsp3) is 0.667. The molecule has 3 atom stereocenters. The van der Waals surface area contributed by atoms with Gasteiger partial charge in [0.15, 0.2) is 0 Å². The van der Waals surface area contributed by atoms with Crippen molar-refractivity contribution in [2.24, 2.45) is 17.3 Å². The van der Waals surface area contributed by atoms with E-state index >= 15 is 0 Å². The zero-order valence-corrected chi connectivity index (χ0v) is 10.9. The molecule has 1 aliphatic rings. The van der Waals surface area contributed by atoms with E-state index < -0.39 is 0 Å². The molecule has 1 fully saturated rings. The van der Waals surface area contributed by atoms with Crippen LogP contribution in [0.15, 0.2) is 11.0 Å². The van der Waals surface area contributed by atoms with Crippen LogP contribution in [0.2, 0.25) is 0 Å². The Morgan fingerprint density at radius 3 is 2.69 bits per heavy atom. The Morgan fingerprint density at radius 1 is 1.69 bits per heavy atom. The second kappa shape index (κ2) is 4.92. The highest BCUT2D eigenvalue weighted by atomic mass is 32.2. The van der Waals surface area contributed by atoms with Crippen LogP contribution in [0.5, 0.6) is 0 Å². The molecule has 1 aliphatic carbocycles. The quantitative estimate of drug-likeness (QED) is 0.559. The van der Waals surface area contributed by atoms with Gasteiger partial charge in [0, 0.05) is 0 Å². The predicted molar refractivity (Wildman–Crippen MR) is 64.6 cm³/mol. The molecule has 0 heterocycles. The van der Waals surface area contributed by atoms with Gasteiger partial charge in [-0.2, -0.15) is 5.26 Å². The van der Waals surface area contributed by atoms with Crippen molar-refractivity contribution in [1.82, 2.24) is 0 Å². The lowest BCUT2D eigenvalue weighted by atomic mass is 10.0. The fourth-order valence-corrected chi connectivity index (χ4v) is 2.57. The summed E-state index contributed by atoms with van der Waals surface area (Å²) in [6, 6.07) is 2.13. The minimum Gasteiger partial charge on any atom is -0.469 e. The summed E-state index contributed by atoms with van der Waals surface area (Å²) in [7, 11) is 1.41. The number of hydrogen-bond acceptors (Lipinski definition) is 4. The van der Waals surface area contributed by atoms with E-state index in [9.17, 15) is 4.79 Å². The molecule has 0 aromatic carbocycles. The summed E-state index contributed by atoms with van der Waals surface area (Å²) in [5, 5.41) is 8.87. The second-order valence-electron chi connectivity index (χ2n) is 4.23. The van der Waals surface area contributed by atoms with E-state index in [2.05, 4.69) is 19.9 Å². The molecule has 88 valence electrons. The SMILES string of the molecule is CCC1(C)[C@H](/C=C(/C#N)SC)[C@H]1C(=O)OC. The van der Waals surface area contributed by atoms with Crippen molar-refractivity contribution < 1.29 is 9.53 Å². The number of ether oxygens (including phenoxy) is 1. The van der Waals surface area contributed by atoms with E-state index in [0.29, 0.717) is 4.91 Å². The van der Waals surface area contributed by atoms with E-state index in [4.69, 9.17) is 10.00 Å². The van der Waals surface area contributed by atoms with Crippen LogP contribution in [-0.4, -0.2) is 19.3 Å². The van der Waals surface area contributed by atoms with Gasteiger partial charge in [0.25, 0.3) is 0 Å². The monoisotopic (exact) mass is 239 g/mol. The first kappa shape index (κ1) is 13.1. The number of thioether (sulfide) groups is 1. The molecule has 4 heteroatoms.